The van der Waals surface area contributed by atoms with Gasteiger partial charge in [-0.2, -0.15) is 0 Å². The lowest BCUT2D eigenvalue weighted by atomic mass is 10.4. The summed E-state index contributed by atoms with van der Waals surface area (Å²) in [6, 6.07) is 0. The fourth-order valence-corrected chi connectivity index (χ4v) is 0.779. The average Bonchev–Trinajstić information content (AvgIpc) is 2.40. The van der Waals surface area contributed by atoms with Crippen molar-refractivity contribution < 1.29 is 19.4 Å². The monoisotopic (exact) mass is 296 g/mol. The van der Waals surface area contributed by atoms with Crippen LogP contribution in [-0.4, -0.2) is 23.7 Å². The van der Waals surface area contributed by atoms with E-state index in [9.17, 15) is 9.59 Å². The molecule has 0 heterocycles. The van der Waals surface area contributed by atoms with Crippen LogP contribution in [0.5, 0.6) is 0 Å². The molecule has 0 aliphatic carbocycles. The summed E-state index contributed by atoms with van der Waals surface area (Å²) >= 11 is 0. The molecular weight excluding hydrogens is 268 g/mol. The maximum atomic E-state index is 9.81. The molecule has 0 aromatic rings. The quantitative estimate of drug-likeness (QED) is 0.487. The molecule has 0 unspecified atom stereocenters. The van der Waals surface area contributed by atoms with Crippen molar-refractivity contribution in [3.05, 3.63) is 48.6 Å². The lowest BCUT2D eigenvalue weighted by Gasteiger charge is -1.87. The first-order valence-electron chi connectivity index (χ1n) is 6.81. The fourth-order valence-electron chi connectivity index (χ4n) is 0.779. The number of carbonyl (C=O) groups excluding carboxylic acids is 2. The highest BCUT2D eigenvalue weighted by atomic mass is 16.6. The van der Waals surface area contributed by atoms with Gasteiger partial charge in [0, 0.05) is 13.8 Å². The summed E-state index contributed by atoms with van der Waals surface area (Å²) in [4.78, 5) is 19.6. The average molecular weight is 296 g/mol. The van der Waals surface area contributed by atoms with Gasteiger partial charge in [0.2, 0.25) is 0 Å². The lowest BCUT2D eigenvalue weighted by Crippen LogP contribution is -2.03. The zero-order chi connectivity index (χ0) is 16.9. The Hall–Kier alpha value is -1.94. The zero-order valence-corrected chi connectivity index (χ0v) is 13.7. The van der Waals surface area contributed by atoms with Gasteiger partial charge in [0.15, 0.2) is 0 Å². The zero-order valence-electron chi connectivity index (χ0n) is 13.7. The van der Waals surface area contributed by atoms with E-state index in [0.29, 0.717) is 0 Å². The number of hydrogen-bond donors (Lipinski definition) is 1. The van der Waals surface area contributed by atoms with E-state index in [-0.39, 0.29) is 6.61 Å². The number of carbonyl (C=O) groups is 2. The normalized spacial score (nSPS) is 10.4. The van der Waals surface area contributed by atoms with Gasteiger partial charge >= 0.3 is 11.9 Å². The van der Waals surface area contributed by atoms with Crippen molar-refractivity contribution in [2.45, 2.75) is 41.0 Å². The van der Waals surface area contributed by atoms with Gasteiger partial charge in [0.1, 0.15) is 0 Å². The second-order valence-electron chi connectivity index (χ2n) is 3.58. The predicted molar refractivity (Wildman–Crippen MR) is 87.7 cm³/mol. The van der Waals surface area contributed by atoms with Gasteiger partial charge in [-0.15, -0.1) is 0 Å². The van der Waals surface area contributed by atoms with Crippen LogP contribution >= 0.6 is 0 Å². The second kappa shape index (κ2) is 23.2. The number of esters is 2. The minimum Gasteiger partial charge on any atom is -0.394 e. The van der Waals surface area contributed by atoms with Crippen molar-refractivity contribution in [1.29, 1.82) is 0 Å². The van der Waals surface area contributed by atoms with E-state index < -0.39 is 11.9 Å². The van der Waals surface area contributed by atoms with E-state index in [1.165, 1.54) is 13.8 Å². The Bertz CT molecular complexity index is 316. The van der Waals surface area contributed by atoms with E-state index in [2.05, 4.69) is 23.8 Å². The standard InChI is InChI=1S/C7H12.C6H10O.C4H6O3/c1-3-5-7-6-4-2;1-2-3-4-5-6-7;1-3(5)7-4(2)6/h3,5-7H,4H2,1-2H3;2-5,7H,6H2,1H3;1-2H3/b5-3+,7-6+;3-2+,5-4+;. The van der Waals surface area contributed by atoms with Crippen LogP contribution in [0.25, 0.3) is 0 Å². The van der Waals surface area contributed by atoms with E-state index in [0.717, 1.165) is 6.42 Å². The van der Waals surface area contributed by atoms with E-state index >= 15 is 0 Å². The summed E-state index contributed by atoms with van der Waals surface area (Å²) < 4.78 is 3.97. The van der Waals surface area contributed by atoms with Crippen molar-refractivity contribution in [3.63, 3.8) is 0 Å². The molecular formula is C17H28O4. The predicted octanol–water partition coefficient (Wildman–Crippen LogP) is 3.74. The van der Waals surface area contributed by atoms with Crippen LogP contribution in [0.15, 0.2) is 48.6 Å². The third-order valence-electron chi connectivity index (χ3n) is 1.51. The van der Waals surface area contributed by atoms with Crippen LogP contribution in [0.3, 0.4) is 0 Å². The molecule has 0 aromatic heterocycles. The smallest absolute Gasteiger partial charge is 0.310 e. The van der Waals surface area contributed by atoms with Crippen molar-refractivity contribution in [2.75, 3.05) is 6.61 Å². The third kappa shape index (κ3) is 46.0. The summed E-state index contributed by atoms with van der Waals surface area (Å²) in [6.07, 6.45) is 16.6. The Labute approximate surface area is 128 Å². The Kier molecular flexibility index (Phi) is 26.6. The molecule has 0 aromatic carbocycles. The largest absolute Gasteiger partial charge is 0.394 e. The fraction of sp³-hybridized carbons (Fsp3) is 0.412. The molecule has 0 fully saturated rings. The Morgan fingerprint density at radius 2 is 1.33 bits per heavy atom. The molecule has 0 saturated heterocycles. The minimum absolute atomic E-state index is 0.129. The molecule has 0 amide bonds. The van der Waals surface area contributed by atoms with Gasteiger partial charge < -0.3 is 9.84 Å². The van der Waals surface area contributed by atoms with Crippen LogP contribution < -0.4 is 0 Å². The van der Waals surface area contributed by atoms with Crippen molar-refractivity contribution in [2.24, 2.45) is 0 Å². The summed E-state index contributed by atoms with van der Waals surface area (Å²) in [6.45, 7) is 8.56. The van der Waals surface area contributed by atoms with Gasteiger partial charge in [-0.05, 0) is 20.3 Å². The third-order valence-corrected chi connectivity index (χ3v) is 1.51. The SMILES string of the molecule is C/C=C/C=C/CC.C/C=C/C=C/CO.CC(=O)OC(C)=O. The first-order chi connectivity index (χ1) is 9.95. The van der Waals surface area contributed by atoms with Gasteiger partial charge in [-0.1, -0.05) is 55.5 Å². The van der Waals surface area contributed by atoms with Crippen LogP contribution in [0.2, 0.25) is 0 Å². The molecule has 0 spiro atoms. The number of aliphatic hydroxyl groups is 1. The molecule has 0 saturated carbocycles. The molecule has 0 bridgehead atoms. The topological polar surface area (TPSA) is 63.6 Å². The molecule has 1 N–H and O–H groups in total. The van der Waals surface area contributed by atoms with Gasteiger partial charge in [-0.3, -0.25) is 9.59 Å². The lowest BCUT2D eigenvalue weighted by molar-refractivity contribution is -0.156. The van der Waals surface area contributed by atoms with E-state index in [4.69, 9.17) is 5.11 Å². The number of rotatable bonds is 4. The first kappa shape index (κ1) is 24.1. The molecule has 0 aliphatic rings. The second-order valence-corrected chi connectivity index (χ2v) is 3.58. The van der Waals surface area contributed by atoms with Crippen LogP contribution in [0.4, 0.5) is 0 Å². The van der Waals surface area contributed by atoms with Crippen LogP contribution in [0.1, 0.15) is 41.0 Å². The molecule has 0 atom stereocenters. The summed E-state index contributed by atoms with van der Waals surface area (Å²) in [5.41, 5.74) is 0. The van der Waals surface area contributed by atoms with Crippen molar-refractivity contribution >= 4 is 11.9 Å². The molecule has 4 nitrogen and oxygen atoms in total. The summed E-state index contributed by atoms with van der Waals surface area (Å²) in [7, 11) is 0. The maximum Gasteiger partial charge on any atom is 0.310 e. The van der Waals surface area contributed by atoms with Crippen LogP contribution in [-0.2, 0) is 14.3 Å². The molecule has 4 heteroatoms. The Morgan fingerprint density at radius 1 is 0.905 bits per heavy atom. The van der Waals surface area contributed by atoms with Crippen molar-refractivity contribution in [1.82, 2.24) is 0 Å². The number of hydrogen-bond acceptors (Lipinski definition) is 4. The van der Waals surface area contributed by atoms with E-state index in [1.807, 2.05) is 38.2 Å². The van der Waals surface area contributed by atoms with E-state index in [1.54, 1.807) is 12.2 Å². The number of allylic oxidation sites excluding steroid dienone is 7. The molecule has 0 aliphatic heterocycles. The van der Waals surface area contributed by atoms with Gasteiger partial charge in [-0.25, -0.2) is 0 Å². The molecule has 0 rings (SSSR count). The minimum atomic E-state index is -0.562. The highest BCUT2D eigenvalue weighted by Crippen LogP contribution is 1.79. The molecule has 120 valence electrons. The van der Waals surface area contributed by atoms with Crippen LogP contribution in [0, 0.1) is 0 Å². The summed E-state index contributed by atoms with van der Waals surface area (Å²) in [5.74, 6) is -1.12. The Morgan fingerprint density at radius 3 is 1.57 bits per heavy atom. The number of aliphatic hydroxyl groups excluding tert-OH is 1. The highest BCUT2D eigenvalue weighted by Gasteiger charge is 1.93. The molecule has 0 radical (unpaired) electrons. The first-order valence-corrected chi connectivity index (χ1v) is 6.81. The van der Waals surface area contributed by atoms with Gasteiger partial charge in [0.05, 0.1) is 6.61 Å². The maximum absolute atomic E-state index is 9.81. The Balaban J connectivity index is -0.000000231. The molecule has 21 heavy (non-hydrogen) atoms. The highest BCUT2D eigenvalue weighted by molar-refractivity contribution is 5.82. The van der Waals surface area contributed by atoms with Crippen molar-refractivity contribution in [3.8, 4) is 0 Å². The van der Waals surface area contributed by atoms with Gasteiger partial charge in [0.25, 0.3) is 0 Å². The number of ether oxygens (including phenoxy) is 1. The summed E-state index contributed by atoms with van der Waals surface area (Å²) in [5, 5.41) is 8.17.